The van der Waals surface area contributed by atoms with Gasteiger partial charge in [0.2, 0.25) is 5.91 Å². The Morgan fingerprint density at radius 3 is 2.48 bits per heavy atom. The van der Waals surface area contributed by atoms with Gasteiger partial charge in [0.15, 0.2) is 0 Å². The Kier molecular flexibility index (Phi) is 5.14. The first-order valence-electron chi connectivity index (χ1n) is 7.26. The van der Waals surface area contributed by atoms with Gasteiger partial charge in [-0.15, -0.1) is 0 Å². The molecule has 0 heterocycles. The van der Waals surface area contributed by atoms with Gasteiger partial charge in [-0.1, -0.05) is 19.1 Å². The van der Waals surface area contributed by atoms with Crippen LogP contribution in [0.2, 0.25) is 0 Å². The van der Waals surface area contributed by atoms with Crippen molar-refractivity contribution in [2.75, 3.05) is 11.9 Å². The number of carbonyl (C=O) groups excluding carboxylic acids is 2. The first-order valence-corrected chi connectivity index (χ1v) is 7.26. The van der Waals surface area contributed by atoms with Crippen molar-refractivity contribution in [3.05, 3.63) is 42.0 Å². The molecule has 0 radical (unpaired) electrons. The highest BCUT2D eigenvalue weighted by Crippen LogP contribution is 2.25. The molecule has 2 atom stereocenters. The van der Waals surface area contributed by atoms with Crippen molar-refractivity contribution in [1.82, 2.24) is 0 Å². The van der Waals surface area contributed by atoms with Crippen LogP contribution in [-0.4, -0.2) is 18.5 Å². The molecule has 21 heavy (non-hydrogen) atoms. The highest BCUT2D eigenvalue weighted by Gasteiger charge is 2.20. The van der Waals surface area contributed by atoms with E-state index in [1.807, 2.05) is 0 Å². The van der Waals surface area contributed by atoms with E-state index in [1.165, 1.54) is 6.92 Å². The van der Waals surface area contributed by atoms with Crippen LogP contribution in [0.25, 0.3) is 0 Å². The highest BCUT2D eigenvalue weighted by atomic mass is 16.5. The zero-order valence-corrected chi connectivity index (χ0v) is 12.5. The number of nitrogens with one attached hydrogen (secondary N) is 1. The van der Waals surface area contributed by atoms with Crippen molar-refractivity contribution in [2.45, 2.75) is 26.7 Å². The summed E-state index contributed by atoms with van der Waals surface area (Å²) in [6.07, 6.45) is 6.36. The maximum atomic E-state index is 12.0. The summed E-state index contributed by atoms with van der Waals surface area (Å²) in [6, 6.07) is 6.73. The summed E-state index contributed by atoms with van der Waals surface area (Å²) in [5.74, 6) is 0.498. The van der Waals surface area contributed by atoms with Crippen LogP contribution in [0.3, 0.4) is 0 Å². The van der Waals surface area contributed by atoms with Crippen LogP contribution in [0.1, 0.15) is 37.0 Å². The molecule has 112 valence electrons. The second-order valence-electron chi connectivity index (χ2n) is 5.54. The summed E-state index contributed by atoms with van der Waals surface area (Å²) in [4.78, 5) is 22.9. The molecule has 0 bridgehead atoms. The van der Waals surface area contributed by atoms with Gasteiger partial charge >= 0.3 is 5.97 Å². The van der Waals surface area contributed by atoms with Crippen LogP contribution in [0.15, 0.2) is 36.4 Å². The number of hydrogen-bond acceptors (Lipinski definition) is 3. The lowest BCUT2D eigenvalue weighted by molar-refractivity contribution is -0.114. The zero-order valence-electron chi connectivity index (χ0n) is 12.5. The highest BCUT2D eigenvalue weighted by molar-refractivity contribution is 5.92. The van der Waals surface area contributed by atoms with E-state index in [4.69, 9.17) is 4.74 Å². The first-order chi connectivity index (χ1) is 10.1. The van der Waals surface area contributed by atoms with Crippen LogP contribution in [-0.2, 0) is 9.53 Å². The third-order valence-electron chi connectivity index (χ3n) is 3.79. The van der Waals surface area contributed by atoms with Gasteiger partial charge < -0.3 is 10.1 Å². The van der Waals surface area contributed by atoms with E-state index in [2.05, 4.69) is 24.4 Å². The van der Waals surface area contributed by atoms with Gasteiger partial charge in [-0.05, 0) is 48.9 Å². The van der Waals surface area contributed by atoms with Gasteiger partial charge in [0.05, 0.1) is 12.2 Å². The van der Waals surface area contributed by atoms with Crippen molar-refractivity contribution in [2.24, 2.45) is 11.8 Å². The number of esters is 1. The molecule has 1 aliphatic rings. The maximum Gasteiger partial charge on any atom is 0.338 e. The summed E-state index contributed by atoms with van der Waals surface area (Å²) in [6.45, 7) is 4.09. The Balaban J connectivity index is 1.88. The van der Waals surface area contributed by atoms with Crippen molar-refractivity contribution in [3.63, 3.8) is 0 Å². The largest absolute Gasteiger partial charge is 0.462 e. The minimum atomic E-state index is -0.314. The van der Waals surface area contributed by atoms with Crippen molar-refractivity contribution in [3.8, 4) is 0 Å². The van der Waals surface area contributed by atoms with Gasteiger partial charge in [0, 0.05) is 12.6 Å². The Morgan fingerprint density at radius 1 is 1.19 bits per heavy atom. The minimum Gasteiger partial charge on any atom is -0.462 e. The summed E-state index contributed by atoms with van der Waals surface area (Å²) in [7, 11) is 0. The average molecular weight is 287 g/mol. The van der Waals surface area contributed by atoms with Crippen LogP contribution in [0, 0.1) is 11.8 Å². The van der Waals surface area contributed by atoms with Crippen molar-refractivity contribution >= 4 is 17.6 Å². The lowest BCUT2D eigenvalue weighted by atomic mass is 9.85. The number of carbonyl (C=O) groups is 2. The molecule has 2 unspecified atom stereocenters. The van der Waals surface area contributed by atoms with Crippen LogP contribution >= 0.6 is 0 Å². The second-order valence-corrected chi connectivity index (χ2v) is 5.54. The maximum absolute atomic E-state index is 12.0. The number of rotatable bonds is 4. The smallest absolute Gasteiger partial charge is 0.338 e. The van der Waals surface area contributed by atoms with E-state index in [0.717, 1.165) is 12.8 Å². The third-order valence-corrected chi connectivity index (χ3v) is 3.79. The summed E-state index contributed by atoms with van der Waals surface area (Å²) >= 11 is 0. The number of allylic oxidation sites excluding steroid dienone is 2. The van der Waals surface area contributed by atoms with Gasteiger partial charge in [-0.25, -0.2) is 4.79 Å². The molecule has 0 aromatic heterocycles. The number of amides is 1. The molecule has 0 spiro atoms. The Morgan fingerprint density at radius 2 is 1.86 bits per heavy atom. The van der Waals surface area contributed by atoms with E-state index in [-0.39, 0.29) is 11.9 Å². The first kappa shape index (κ1) is 15.3. The molecule has 2 rings (SSSR count). The van der Waals surface area contributed by atoms with E-state index in [1.54, 1.807) is 24.3 Å². The summed E-state index contributed by atoms with van der Waals surface area (Å²) < 4.78 is 5.40. The predicted molar refractivity (Wildman–Crippen MR) is 82.1 cm³/mol. The fourth-order valence-electron chi connectivity index (χ4n) is 2.40. The van der Waals surface area contributed by atoms with Gasteiger partial charge in [-0.2, -0.15) is 0 Å². The fraction of sp³-hybridized carbons (Fsp3) is 0.412. The summed E-state index contributed by atoms with van der Waals surface area (Å²) in [5, 5.41) is 2.66. The lowest BCUT2D eigenvalue weighted by Crippen LogP contribution is -2.21. The molecule has 4 heteroatoms. The lowest BCUT2D eigenvalue weighted by Gasteiger charge is -2.24. The van der Waals surface area contributed by atoms with Gasteiger partial charge in [0.1, 0.15) is 0 Å². The predicted octanol–water partition coefficient (Wildman–Crippen LogP) is 3.40. The molecule has 1 aromatic carbocycles. The minimum absolute atomic E-state index is 0.135. The zero-order chi connectivity index (χ0) is 15.2. The average Bonchev–Trinajstić information content (AvgIpc) is 2.46. The molecule has 1 aliphatic carbocycles. The topological polar surface area (TPSA) is 55.4 Å². The Labute approximate surface area is 125 Å². The van der Waals surface area contributed by atoms with E-state index in [0.29, 0.717) is 29.7 Å². The van der Waals surface area contributed by atoms with Crippen LogP contribution in [0.5, 0.6) is 0 Å². The molecular weight excluding hydrogens is 266 g/mol. The Bertz CT molecular complexity index is 533. The van der Waals surface area contributed by atoms with Gasteiger partial charge in [0.25, 0.3) is 0 Å². The molecule has 1 amide bonds. The standard InChI is InChI=1S/C17H21NO3/c1-12-5-3-4-6-15(12)11-21-17(20)14-7-9-16(10-8-14)18-13(2)19/h3-4,7-10,12,15H,5-6,11H2,1-2H3,(H,18,19). The molecule has 1 N–H and O–H groups in total. The number of ether oxygens (including phenoxy) is 1. The van der Waals surface area contributed by atoms with Crippen molar-refractivity contribution in [1.29, 1.82) is 0 Å². The molecule has 4 nitrogen and oxygen atoms in total. The third kappa shape index (κ3) is 4.45. The quantitative estimate of drug-likeness (QED) is 0.682. The normalized spacial score (nSPS) is 20.9. The second kappa shape index (κ2) is 7.07. The summed E-state index contributed by atoms with van der Waals surface area (Å²) in [5.41, 5.74) is 1.17. The fourth-order valence-corrected chi connectivity index (χ4v) is 2.40. The van der Waals surface area contributed by atoms with Crippen LogP contribution in [0.4, 0.5) is 5.69 Å². The van der Waals surface area contributed by atoms with Crippen molar-refractivity contribution < 1.29 is 14.3 Å². The molecular formula is C17H21NO3. The number of benzene rings is 1. The Hall–Kier alpha value is -2.10. The molecule has 0 saturated heterocycles. The van der Waals surface area contributed by atoms with Gasteiger partial charge in [-0.3, -0.25) is 4.79 Å². The van der Waals surface area contributed by atoms with Crippen LogP contribution < -0.4 is 5.32 Å². The molecule has 0 saturated carbocycles. The molecule has 1 aromatic rings. The van der Waals surface area contributed by atoms with E-state index < -0.39 is 0 Å². The monoisotopic (exact) mass is 287 g/mol. The van der Waals surface area contributed by atoms with E-state index in [9.17, 15) is 9.59 Å². The molecule has 0 aliphatic heterocycles. The van der Waals surface area contributed by atoms with E-state index >= 15 is 0 Å². The number of anilines is 1. The number of hydrogen-bond donors (Lipinski definition) is 1. The SMILES string of the molecule is CC(=O)Nc1ccc(C(=O)OCC2CC=CCC2C)cc1. The molecule has 0 fully saturated rings.